The summed E-state index contributed by atoms with van der Waals surface area (Å²) >= 11 is 7.57. The molecule has 1 atom stereocenters. The number of aromatic nitrogens is 2. The van der Waals surface area contributed by atoms with Crippen molar-refractivity contribution in [3.05, 3.63) is 69.9 Å². The number of aryl methyl sites for hydroxylation is 1. The molecule has 0 saturated carbocycles. The fourth-order valence-electron chi connectivity index (χ4n) is 3.53. The summed E-state index contributed by atoms with van der Waals surface area (Å²) in [7, 11) is -3.42. The average Bonchev–Trinajstić information content (AvgIpc) is 3.31. The maximum absolute atomic E-state index is 13.1. The molecule has 1 saturated heterocycles. The first kappa shape index (κ1) is 20.1. The molecule has 1 aliphatic heterocycles. The van der Waals surface area contributed by atoms with Crippen LogP contribution in [0.1, 0.15) is 32.6 Å². The summed E-state index contributed by atoms with van der Waals surface area (Å²) in [6, 6.07) is 10.8. The second-order valence-electron chi connectivity index (χ2n) is 6.96. The number of benzene rings is 1. The quantitative estimate of drug-likeness (QED) is 0.608. The van der Waals surface area contributed by atoms with Crippen molar-refractivity contribution >= 4 is 38.7 Å². The fourth-order valence-corrected chi connectivity index (χ4v) is 6.68. The van der Waals surface area contributed by atoms with Crippen molar-refractivity contribution in [3.8, 4) is 5.13 Å². The largest absolute Gasteiger partial charge is 0.337 e. The van der Waals surface area contributed by atoms with Crippen LogP contribution < -0.4 is 0 Å². The van der Waals surface area contributed by atoms with Crippen molar-refractivity contribution in [2.75, 3.05) is 18.8 Å². The van der Waals surface area contributed by atoms with Crippen LogP contribution in [0.15, 0.2) is 48.8 Å². The molecule has 1 unspecified atom stereocenters. The summed E-state index contributed by atoms with van der Waals surface area (Å²) in [5.41, 5.74) is 1.26. The van der Waals surface area contributed by atoms with Gasteiger partial charge < -0.3 is 9.47 Å². The fraction of sp³-hybridized carbons (Fsp3) is 0.300. The Bertz CT molecular complexity index is 1140. The molecule has 0 radical (unpaired) electrons. The number of nitrogens with zero attached hydrogens (tertiary/aromatic N) is 3. The minimum absolute atomic E-state index is 0.0864. The van der Waals surface area contributed by atoms with Crippen LogP contribution in [0.2, 0.25) is 5.02 Å². The number of sulfone groups is 1. The van der Waals surface area contributed by atoms with Crippen molar-refractivity contribution < 1.29 is 13.2 Å². The predicted octanol–water partition coefficient (Wildman–Crippen LogP) is 3.90. The maximum atomic E-state index is 13.1. The topological polar surface area (TPSA) is 72.3 Å². The summed E-state index contributed by atoms with van der Waals surface area (Å²) in [6.07, 6.45) is 4.07. The van der Waals surface area contributed by atoms with Crippen LogP contribution in [-0.2, 0) is 9.84 Å². The number of halogens is 1. The summed E-state index contributed by atoms with van der Waals surface area (Å²) in [5.74, 6) is -0.259. The zero-order chi connectivity index (χ0) is 20.6. The monoisotopic (exact) mass is 449 g/mol. The third-order valence-corrected chi connectivity index (χ3v) is 8.70. The molecule has 1 aliphatic rings. The molecule has 4 rings (SSSR count). The summed E-state index contributed by atoms with van der Waals surface area (Å²) in [4.78, 5) is 19.8. The Morgan fingerprint density at radius 1 is 1.17 bits per heavy atom. The minimum Gasteiger partial charge on any atom is -0.337 e. The van der Waals surface area contributed by atoms with Crippen molar-refractivity contribution in [2.45, 2.75) is 18.6 Å². The Balaban J connectivity index is 1.58. The Kier molecular flexibility index (Phi) is 5.50. The lowest BCUT2D eigenvalue weighted by Crippen LogP contribution is -2.33. The molecule has 1 amide bonds. The van der Waals surface area contributed by atoms with E-state index in [9.17, 15) is 13.2 Å². The lowest BCUT2D eigenvalue weighted by molar-refractivity contribution is 0.0770. The van der Waals surface area contributed by atoms with Crippen molar-refractivity contribution in [3.63, 3.8) is 0 Å². The van der Waals surface area contributed by atoms with Crippen LogP contribution >= 0.6 is 22.9 Å². The number of hydrogen-bond donors (Lipinski definition) is 0. The van der Waals surface area contributed by atoms with E-state index in [1.165, 1.54) is 11.3 Å². The van der Waals surface area contributed by atoms with Gasteiger partial charge in [-0.2, -0.15) is 0 Å². The van der Waals surface area contributed by atoms with E-state index in [1.807, 2.05) is 29.1 Å². The number of amides is 1. The van der Waals surface area contributed by atoms with Gasteiger partial charge in [0.1, 0.15) is 4.88 Å². The van der Waals surface area contributed by atoms with E-state index in [0.717, 1.165) is 0 Å². The molecule has 0 N–H and O–H groups in total. The molecule has 29 heavy (non-hydrogen) atoms. The van der Waals surface area contributed by atoms with Crippen LogP contribution in [0.25, 0.3) is 5.13 Å². The van der Waals surface area contributed by atoms with E-state index in [-0.39, 0.29) is 18.2 Å². The van der Waals surface area contributed by atoms with Gasteiger partial charge in [-0.25, -0.2) is 13.4 Å². The van der Waals surface area contributed by atoms with Gasteiger partial charge in [0.2, 0.25) is 0 Å². The van der Waals surface area contributed by atoms with E-state index >= 15 is 0 Å². The molecule has 1 aromatic carbocycles. The highest BCUT2D eigenvalue weighted by atomic mass is 35.5. The van der Waals surface area contributed by atoms with Crippen molar-refractivity contribution in [2.24, 2.45) is 0 Å². The van der Waals surface area contributed by atoms with E-state index in [4.69, 9.17) is 11.6 Å². The van der Waals surface area contributed by atoms with Crippen LogP contribution in [-0.4, -0.2) is 47.6 Å². The number of thiazole rings is 1. The molecule has 152 valence electrons. The molecule has 2 aromatic heterocycles. The second-order valence-corrected chi connectivity index (χ2v) is 10.6. The molecule has 3 aromatic rings. The first-order valence-corrected chi connectivity index (χ1v) is 12.1. The van der Waals surface area contributed by atoms with Gasteiger partial charge in [0.15, 0.2) is 15.0 Å². The highest BCUT2D eigenvalue weighted by Crippen LogP contribution is 2.34. The summed E-state index contributed by atoms with van der Waals surface area (Å²) in [6.45, 7) is 2.32. The van der Waals surface area contributed by atoms with E-state index in [2.05, 4.69) is 4.98 Å². The van der Waals surface area contributed by atoms with Crippen molar-refractivity contribution in [1.82, 2.24) is 14.5 Å². The Morgan fingerprint density at radius 3 is 2.62 bits per heavy atom. The molecular weight excluding hydrogens is 430 g/mol. The predicted molar refractivity (Wildman–Crippen MR) is 115 cm³/mol. The number of carbonyl (C=O) groups excluding carboxylic acids is 1. The first-order chi connectivity index (χ1) is 13.9. The molecule has 0 spiro atoms. The van der Waals surface area contributed by atoms with E-state index < -0.39 is 15.1 Å². The van der Waals surface area contributed by atoms with Gasteiger partial charge in [-0.15, -0.1) is 0 Å². The lowest BCUT2D eigenvalue weighted by Gasteiger charge is -2.19. The van der Waals surface area contributed by atoms with Crippen LogP contribution in [0, 0.1) is 6.92 Å². The van der Waals surface area contributed by atoms with E-state index in [0.29, 0.717) is 39.3 Å². The first-order valence-electron chi connectivity index (χ1n) is 9.23. The van der Waals surface area contributed by atoms with Crippen LogP contribution in [0.5, 0.6) is 0 Å². The number of hydrogen-bond acceptors (Lipinski definition) is 5. The normalized spacial score (nSPS) is 19.1. The average molecular weight is 450 g/mol. The standard InChI is InChI=1S/C20H20ClN3O3S2/c1-14-18(28-20(22-14)24-9-4-5-10-24)19(25)23-11-8-17(29(26,27)13-12-23)15-6-2-3-7-16(15)21/h2-7,9-10,17H,8,11-13H2,1H3. The second kappa shape index (κ2) is 7.93. The Morgan fingerprint density at radius 2 is 1.90 bits per heavy atom. The zero-order valence-corrected chi connectivity index (χ0v) is 18.2. The number of carbonyl (C=O) groups is 1. The van der Waals surface area contributed by atoms with Gasteiger partial charge in [-0.3, -0.25) is 4.79 Å². The molecule has 3 heterocycles. The SMILES string of the molecule is Cc1nc(-n2cccc2)sc1C(=O)N1CCC(c2ccccc2Cl)S(=O)(=O)CC1. The van der Waals surface area contributed by atoms with Crippen LogP contribution in [0.4, 0.5) is 0 Å². The zero-order valence-electron chi connectivity index (χ0n) is 15.8. The smallest absolute Gasteiger partial charge is 0.265 e. The van der Waals surface area contributed by atoms with Gasteiger partial charge in [-0.1, -0.05) is 41.1 Å². The van der Waals surface area contributed by atoms with Gasteiger partial charge in [-0.05, 0) is 37.1 Å². The highest BCUT2D eigenvalue weighted by molar-refractivity contribution is 7.91. The van der Waals surface area contributed by atoms with Gasteiger partial charge >= 0.3 is 0 Å². The van der Waals surface area contributed by atoms with E-state index in [1.54, 1.807) is 36.1 Å². The lowest BCUT2D eigenvalue weighted by atomic mass is 10.1. The van der Waals surface area contributed by atoms with Gasteiger partial charge in [0, 0.05) is 30.5 Å². The molecule has 1 fully saturated rings. The van der Waals surface area contributed by atoms with Gasteiger partial charge in [0.05, 0.1) is 16.7 Å². The highest BCUT2D eigenvalue weighted by Gasteiger charge is 2.34. The van der Waals surface area contributed by atoms with Gasteiger partial charge in [0.25, 0.3) is 5.91 Å². The molecular formula is C20H20ClN3O3S2. The molecule has 0 aliphatic carbocycles. The third kappa shape index (κ3) is 3.97. The third-order valence-electron chi connectivity index (χ3n) is 5.08. The maximum Gasteiger partial charge on any atom is 0.265 e. The van der Waals surface area contributed by atoms with Crippen LogP contribution in [0.3, 0.4) is 0 Å². The summed E-state index contributed by atoms with van der Waals surface area (Å²) < 4.78 is 27.6. The summed E-state index contributed by atoms with van der Waals surface area (Å²) in [5, 5.41) is 0.453. The minimum atomic E-state index is -3.42. The molecule has 6 nitrogen and oxygen atoms in total. The molecule has 9 heteroatoms. The molecule has 0 bridgehead atoms. The number of rotatable bonds is 3. The van der Waals surface area contributed by atoms with Crippen molar-refractivity contribution in [1.29, 1.82) is 0 Å². The Labute approximate surface area is 178 Å². The Hall–Kier alpha value is -2.16.